The van der Waals surface area contributed by atoms with Crippen LogP contribution in [0.4, 0.5) is 0 Å². The van der Waals surface area contributed by atoms with Crippen LogP contribution in [0.2, 0.25) is 0 Å². The second-order valence-electron chi connectivity index (χ2n) is 4.54. The van der Waals surface area contributed by atoms with Crippen molar-refractivity contribution in [2.24, 2.45) is 0 Å². The molecule has 0 aliphatic carbocycles. The zero-order valence-corrected chi connectivity index (χ0v) is 10.7. The molecule has 0 bridgehead atoms. The van der Waals surface area contributed by atoms with Crippen molar-refractivity contribution in [3.63, 3.8) is 0 Å². The molecule has 1 fully saturated rings. The number of piperidine rings is 1. The number of halogens is 1. The number of rotatable bonds is 3. The summed E-state index contributed by atoms with van der Waals surface area (Å²) < 4.78 is 0. The average Bonchev–Trinajstić information content (AvgIpc) is 2.40. The molecule has 0 saturated carbocycles. The molecule has 1 aliphatic heterocycles. The van der Waals surface area contributed by atoms with Crippen LogP contribution < -0.4 is 0 Å². The fraction of sp³-hybridized carbons (Fsp3) is 0.500. The van der Waals surface area contributed by atoms with E-state index in [-0.39, 0.29) is 5.91 Å². The maximum Gasteiger partial charge on any atom is 0.240 e. The van der Waals surface area contributed by atoms with Gasteiger partial charge in [-0.1, -0.05) is 30.3 Å². The molecule has 92 valence electrons. The largest absolute Gasteiger partial charge is 0.341 e. The normalized spacial score (nSPS) is 17.8. The predicted molar refractivity (Wildman–Crippen MR) is 70.2 cm³/mol. The first-order valence-electron chi connectivity index (χ1n) is 6.24. The maximum absolute atomic E-state index is 12.1. The Bertz CT molecular complexity index is 360. The van der Waals surface area contributed by atoms with E-state index in [0.29, 0.717) is 6.42 Å². The van der Waals surface area contributed by atoms with Gasteiger partial charge in [-0.2, -0.15) is 0 Å². The summed E-state index contributed by atoms with van der Waals surface area (Å²) >= 11 is 6.21. The fourth-order valence-corrected chi connectivity index (χ4v) is 2.54. The van der Waals surface area contributed by atoms with Crippen LogP contribution >= 0.6 is 11.6 Å². The van der Waals surface area contributed by atoms with E-state index in [0.717, 1.165) is 31.5 Å². The summed E-state index contributed by atoms with van der Waals surface area (Å²) in [5, 5.41) is -0.421. The Labute approximate surface area is 108 Å². The van der Waals surface area contributed by atoms with E-state index in [4.69, 9.17) is 11.6 Å². The molecule has 1 amide bonds. The van der Waals surface area contributed by atoms with Gasteiger partial charge in [0.25, 0.3) is 0 Å². The standard InChI is InChI=1S/C14H18ClNO/c15-13(11-12-7-3-1-4-8-12)14(17)16-9-5-2-6-10-16/h1,3-4,7-8,13H,2,5-6,9-11H2. The van der Waals surface area contributed by atoms with Gasteiger partial charge in [-0.25, -0.2) is 0 Å². The third-order valence-corrected chi connectivity index (χ3v) is 3.53. The maximum atomic E-state index is 12.1. The van der Waals surface area contributed by atoms with E-state index in [1.54, 1.807) is 0 Å². The lowest BCUT2D eigenvalue weighted by molar-refractivity contribution is -0.131. The Morgan fingerprint density at radius 3 is 2.47 bits per heavy atom. The number of alkyl halides is 1. The van der Waals surface area contributed by atoms with Crippen molar-refractivity contribution in [2.45, 2.75) is 31.1 Å². The van der Waals surface area contributed by atoms with Crippen LogP contribution in [-0.2, 0) is 11.2 Å². The molecule has 0 spiro atoms. The monoisotopic (exact) mass is 251 g/mol. The number of nitrogens with zero attached hydrogens (tertiary/aromatic N) is 1. The van der Waals surface area contributed by atoms with Gasteiger partial charge in [0.15, 0.2) is 0 Å². The van der Waals surface area contributed by atoms with E-state index in [1.165, 1.54) is 6.42 Å². The van der Waals surface area contributed by atoms with Crippen LogP contribution in [-0.4, -0.2) is 29.3 Å². The van der Waals surface area contributed by atoms with E-state index < -0.39 is 5.38 Å². The summed E-state index contributed by atoms with van der Waals surface area (Å²) in [5.74, 6) is 0.0928. The second kappa shape index (κ2) is 6.06. The van der Waals surface area contributed by atoms with Crippen LogP contribution in [0.3, 0.4) is 0 Å². The van der Waals surface area contributed by atoms with Gasteiger partial charge in [0.2, 0.25) is 5.91 Å². The molecule has 2 rings (SSSR count). The molecule has 1 aromatic rings. The average molecular weight is 252 g/mol. The van der Waals surface area contributed by atoms with Gasteiger partial charge in [-0.15, -0.1) is 11.6 Å². The summed E-state index contributed by atoms with van der Waals surface area (Å²) in [7, 11) is 0. The number of likely N-dealkylation sites (tertiary alicyclic amines) is 1. The lowest BCUT2D eigenvalue weighted by Gasteiger charge is -2.28. The van der Waals surface area contributed by atoms with E-state index >= 15 is 0 Å². The van der Waals surface area contributed by atoms with Gasteiger partial charge in [0.05, 0.1) is 0 Å². The number of hydrogen-bond acceptors (Lipinski definition) is 1. The third-order valence-electron chi connectivity index (χ3n) is 3.19. The lowest BCUT2D eigenvalue weighted by atomic mass is 10.1. The molecule has 0 radical (unpaired) electrons. The Hall–Kier alpha value is -1.02. The molecule has 0 aromatic heterocycles. The molecule has 1 saturated heterocycles. The van der Waals surface area contributed by atoms with Crippen molar-refractivity contribution >= 4 is 17.5 Å². The third kappa shape index (κ3) is 3.47. The van der Waals surface area contributed by atoms with Crippen LogP contribution in [0.15, 0.2) is 30.3 Å². The molecule has 1 atom stereocenters. The van der Waals surface area contributed by atoms with Gasteiger partial charge < -0.3 is 4.90 Å². The Kier molecular flexibility index (Phi) is 4.43. The zero-order valence-electron chi connectivity index (χ0n) is 9.94. The number of carbonyl (C=O) groups is 1. The second-order valence-corrected chi connectivity index (χ2v) is 5.07. The summed E-state index contributed by atoms with van der Waals surface area (Å²) in [6.07, 6.45) is 4.08. The first kappa shape index (κ1) is 12.4. The predicted octanol–water partition coefficient (Wildman–Crippen LogP) is 2.85. The first-order chi connectivity index (χ1) is 8.27. The van der Waals surface area contributed by atoms with Crippen LogP contribution in [0, 0.1) is 0 Å². The van der Waals surface area contributed by atoms with Gasteiger partial charge in [-0.3, -0.25) is 4.79 Å². The quantitative estimate of drug-likeness (QED) is 0.757. The summed E-state index contributed by atoms with van der Waals surface area (Å²) in [6.45, 7) is 1.74. The van der Waals surface area contributed by atoms with Crippen LogP contribution in [0.5, 0.6) is 0 Å². The Balaban J connectivity index is 1.90. The van der Waals surface area contributed by atoms with Crippen molar-refractivity contribution in [3.8, 4) is 0 Å². The first-order valence-corrected chi connectivity index (χ1v) is 6.68. The highest BCUT2D eigenvalue weighted by atomic mass is 35.5. The summed E-state index contributed by atoms with van der Waals surface area (Å²) in [5.41, 5.74) is 1.12. The molecule has 1 heterocycles. The van der Waals surface area contributed by atoms with Crippen molar-refractivity contribution in [1.29, 1.82) is 0 Å². The molecule has 0 N–H and O–H groups in total. The Morgan fingerprint density at radius 2 is 1.82 bits per heavy atom. The number of benzene rings is 1. The number of amides is 1. The zero-order chi connectivity index (χ0) is 12.1. The van der Waals surface area contributed by atoms with Crippen molar-refractivity contribution in [2.75, 3.05) is 13.1 Å². The van der Waals surface area contributed by atoms with Gasteiger partial charge in [-0.05, 0) is 31.2 Å². The minimum atomic E-state index is -0.421. The minimum absolute atomic E-state index is 0.0928. The highest BCUT2D eigenvalue weighted by Crippen LogP contribution is 2.15. The molecular formula is C14H18ClNO. The Morgan fingerprint density at radius 1 is 1.18 bits per heavy atom. The lowest BCUT2D eigenvalue weighted by Crippen LogP contribution is -2.40. The topological polar surface area (TPSA) is 20.3 Å². The highest BCUT2D eigenvalue weighted by molar-refractivity contribution is 6.30. The molecule has 1 aliphatic rings. The molecule has 2 nitrogen and oxygen atoms in total. The SMILES string of the molecule is O=C(C(Cl)Cc1ccccc1)N1CCCCC1. The van der Waals surface area contributed by atoms with Crippen molar-refractivity contribution in [3.05, 3.63) is 35.9 Å². The summed E-state index contributed by atoms with van der Waals surface area (Å²) in [4.78, 5) is 14.0. The highest BCUT2D eigenvalue weighted by Gasteiger charge is 2.23. The van der Waals surface area contributed by atoms with Gasteiger partial charge in [0, 0.05) is 13.1 Å². The molecule has 17 heavy (non-hydrogen) atoms. The smallest absolute Gasteiger partial charge is 0.240 e. The van der Waals surface area contributed by atoms with E-state index in [9.17, 15) is 4.79 Å². The minimum Gasteiger partial charge on any atom is -0.341 e. The fourth-order valence-electron chi connectivity index (χ4n) is 2.22. The van der Waals surface area contributed by atoms with Crippen molar-refractivity contribution in [1.82, 2.24) is 4.90 Å². The van der Waals surface area contributed by atoms with Crippen LogP contribution in [0.25, 0.3) is 0 Å². The van der Waals surface area contributed by atoms with Crippen molar-refractivity contribution < 1.29 is 4.79 Å². The number of carbonyl (C=O) groups excluding carboxylic acids is 1. The molecule has 1 unspecified atom stereocenters. The van der Waals surface area contributed by atoms with Gasteiger partial charge in [0.1, 0.15) is 5.38 Å². The van der Waals surface area contributed by atoms with E-state index in [1.807, 2.05) is 35.2 Å². The summed E-state index contributed by atoms with van der Waals surface area (Å²) in [6, 6.07) is 9.95. The van der Waals surface area contributed by atoms with Crippen LogP contribution in [0.1, 0.15) is 24.8 Å². The van der Waals surface area contributed by atoms with E-state index in [2.05, 4.69) is 0 Å². The van der Waals surface area contributed by atoms with Gasteiger partial charge >= 0.3 is 0 Å². The number of hydrogen-bond donors (Lipinski definition) is 0. The molecule has 3 heteroatoms. The molecule has 1 aromatic carbocycles. The molecular weight excluding hydrogens is 234 g/mol.